The molecule has 4 saturated carbocycles. The van der Waals surface area contributed by atoms with Crippen LogP contribution in [0.2, 0.25) is 0 Å². The Labute approximate surface area is 169 Å². The molecule has 0 spiro atoms. The lowest BCUT2D eigenvalue weighted by molar-refractivity contribution is -0.0372. The molecule has 4 bridgehead atoms. The number of hydrogen-bond donors (Lipinski definition) is 2. The van der Waals surface area contributed by atoms with E-state index in [-0.39, 0.29) is 23.9 Å². The number of pyridine rings is 1. The molecule has 6 heteroatoms. The number of aromatic nitrogens is 1. The lowest BCUT2D eigenvalue weighted by Gasteiger charge is -2.61. The third kappa shape index (κ3) is 3.34. The highest BCUT2D eigenvalue weighted by Crippen LogP contribution is 2.62. The number of hydrogen-bond acceptors (Lipinski definition) is 3. The predicted molar refractivity (Wildman–Crippen MR) is 107 cm³/mol. The van der Waals surface area contributed by atoms with Crippen LogP contribution in [0.25, 0.3) is 0 Å². The highest BCUT2D eigenvalue weighted by molar-refractivity contribution is 5.73. The number of amides is 2. The second-order valence-corrected chi connectivity index (χ2v) is 9.04. The summed E-state index contributed by atoms with van der Waals surface area (Å²) in [6.45, 7) is 0.273. The van der Waals surface area contributed by atoms with Crippen molar-refractivity contribution < 1.29 is 13.9 Å². The summed E-state index contributed by atoms with van der Waals surface area (Å²) in [5.74, 6) is 2.29. The van der Waals surface area contributed by atoms with Gasteiger partial charge in [-0.1, -0.05) is 12.1 Å². The van der Waals surface area contributed by atoms with Gasteiger partial charge < -0.3 is 15.8 Å². The molecule has 2 amide bonds. The van der Waals surface area contributed by atoms with Crippen molar-refractivity contribution in [2.45, 2.75) is 50.2 Å². The number of urea groups is 1. The first kappa shape index (κ1) is 18.4. The Balaban J connectivity index is 1.47. The lowest BCUT2D eigenvalue weighted by Crippen LogP contribution is -2.65. The molecular formula is C23H26FN3O2. The first-order valence-electron chi connectivity index (χ1n) is 10.4. The van der Waals surface area contributed by atoms with Gasteiger partial charge in [0.25, 0.3) is 0 Å². The summed E-state index contributed by atoms with van der Waals surface area (Å²) in [5, 5.41) is 3.14. The molecule has 0 saturated heterocycles. The average Bonchev–Trinajstić information content (AvgIpc) is 2.65. The number of primary amides is 1. The van der Waals surface area contributed by atoms with E-state index in [1.54, 1.807) is 12.3 Å². The van der Waals surface area contributed by atoms with Crippen LogP contribution in [-0.2, 0) is 6.61 Å². The van der Waals surface area contributed by atoms with Gasteiger partial charge in [0.15, 0.2) is 0 Å². The number of benzene rings is 1. The largest absolute Gasteiger partial charge is 0.487 e. The first-order chi connectivity index (χ1) is 14.0. The summed E-state index contributed by atoms with van der Waals surface area (Å²) in [5.41, 5.74) is 6.93. The van der Waals surface area contributed by atoms with Crippen molar-refractivity contribution in [1.29, 1.82) is 0 Å². The maximum absolute atomic E-state index is 13.5. The molecule has 1 aromatic heterocycles. The van der Waals surface area contributed by atoms with Gasteiger partial charge in [-0.05, 0) is 79.7 Å². The van der Waals surface area contributed by atoms with E-state index in [4.69, 9.17) is 15.5 Å². The maximum atomic E-state index is 13.5. The quantitative estimate of drug-likeness (QED) is 0.799. The zero-order chi connectivity index (χ0) is 20.0. The van der Waals surface area contributed by atoms with Crippen molar-refractivity contribution in [3.05, 3.63) is 59.7 Å². The Morgan fingerprint density at radius 1 is 1.21 bits per heavy atom. The van der Waals surface area contributed by atoms with Crippen molar-refractivity contribution in [2.75, 3.05) is 0 Å². The van der Waals surface area contributed by atoms with Crippen LogP contribution in [0, 0.1) is 23.6 Å². The monoisotopic (exact) mass is 395 g/mol. The molecule has 3 unspecified atom stereocenters. The average molecular weight is 395 g/mol. The molecule has 4 fully saturated rings. The first-order valence-corrected chi connectivity index (χ1v) is 10.4. The Kier molecular flexibility index (Phi) is 4.45. The van der Waals surface area contributed by atoms with E-state index in [0.29, 0.717) is 23.5 Å². The number of ether oxygens (including phenoxy) is 1. The lowest BCUT2D eigenvalue weighted by atomic mass is 9.47. The summed E-state index contributed by atoms with van der Waals surface area (Å²) < 4.78 is 19.6. The number of halogens is 1. The van der Waals surface area contributed by atoms with Crippen molar-refractivity contribution >= 4 is 6.03 Å². The van der Waals surface area contributed by atoms with Crippen LogP contribution in [0.1, 0.15) is 49.3 Å². The second-order valence-electron chi connectivity index (χ2n) is 9.04. The van der Waals surface area contributed by atoms with E-state index in [2.05, 4.69) is 5.32 Å². The zero-order valence-corrected chi connectivity index (χ0v) is 16.3. The summed E-state index contributed by atoms with van der Waals surface area (Å²) >= 11 is 0. The molecule has 4 aliphatic carbocycles. The molecule has 5 nitrogen and oxygen atoms in total. The molecule has 6 rings (SSSR count). The minimum absolute atomic E-state index is 0.0894. The van der Waals surface area contributed by atoms with Crippen molar-refractivity contribution in [3.8, 4) is 5.75 Å². The van der Waals surface area contributed by atoms with Gasteiger partial charge in [0.1, 0.15) is 18.2 Å². The maximum Gasteiger partial charge on any atom is 0.312 e. The number of nitrogens with one attached hydrogen (secondary N) is 1. The fourth-order valence-corrected chi connectivity index (χ4v) is 6.50. The molecule has 29 heavy (non-hydrogen) atoms. The van der Waals surface area contributed by atoms with Gasteiger partial charge in [-0.25, -0.2) is 9.18 Å². The number of carbonyl (C=O) groups excluding carboxylic acids is 1. The summed E-state index contributed by atoms with van der Waals surface area (Å²) in [6.07, 6.45) is 7.29. The SMILES string of the molecule is NC(=O)NC12CC3CC(CC(C3)C1c1ncccc1OCc1cccc(F)c1)C2. The Morgan fingerprint density at radius 3 is 2.72 bits per heavy atom. The van der Waals surface area contributed by atoms with Gasteiger partial charge in [0, 0.05) is 12.1 Å². The summed E-state index contributed by atoms with van der Waals surface area (Å²) in [7, 11) is 0. The van der Waals surface area contributed by atoms with Crippen molar-refractivity contribution in [2.24, 2.45) is 23.5 Å². The molecule has 0 aliphatic heterocycles. The summed E-state index contributed by atoms with van der Waals surface area (Å²) in [4.78, 5) is 16.6. The van der Waals surface area contributed by atoms with Crippen LogP contribution in [-0.4, -0.2) is 16.6 Å². The van der Waals surface area contributed by atoms with Crippen LogP contribution in [0.5, 0.6) is 5.75 Å². The van der Waals surface area contributed by atoms with Crippen LogP contribution >= 0.6 is 0 Å². The van der Waals surface area contributed by atoms with Crippen LogP contribution in [0.3, 0.4) is 0 Å². The standard InChI is InChI=1S/C23H26FN3O2/c24-18-4-1-3-14(10-18)13-29-19-5-2-6-26-21(19)20-17-8-15-7-16(9-17)12-23(20,11-15)27-22(25)28/h1-6,10,15-17,20H,7-9,11-13H2,(H3,25,27,28). The van der Waals surface area contributed by atoms with Crippen molar-refractivity contribution in [3.63, 3.8) is 0 Å². The fraction of sp³-hybridized carbons (Fsp3) is 0.478. The molecule has 152 valence electrons. The number of nitrogens with two attached hydrogens (primary N) is 1. The zero-order valence-electron chi connectivity index (χ0n) is 16.3. The number of carbonyl (C=O) groups is 1. The van der Waals surface area contributed by atoms with Gasteiger partial charge in [0.2, 0.25) is 0 Å². The van der Waals surface area contributed by atoms with E-state index >= 15 is 0 Å². The second kappa shape index (κ2) is 7.01. The van der Waals surface area contributed by atoms with Gasteiger partial charge >= 0.3 is 6.03 Å². The number of nitrogens with zero attached hydrogens (tertiary/aromatic N) is 1. The molecule has 2 aromatic rings. The fourth-order valence-electron chi connectivity index (χ4n) is 6.50. The highest BCUT2D eigenvalue weighted by Gasteiger charge is 2.59. The highest BCUT2D eigenvalue weighted by atomic mass is 19.1. The normalized spacial score (nSPS) is 32.2. The number of rotatable bonds is 5. The molecule has 3 N–H and O–H groups in total. The molecule has 1 aromatic carbocycles. The Hall–Kier alpha value is -2.63. The van der Waals surface area contributed by atoms with E-state index < -0.39 is 6.03 Å². The van der Waals surface area contributed by atoms with Crippen LogP contribution in [0.4, 0.5) is 9.18 Å². The molecule has 1 heterocycles. The molecule has 4 aliphatic rings. The smallest absolute Gasteiger partial charge is 0.312 e. The van der Waals surface area contributed by atoms with Gasteiger partial charge in [-0.3, -0.25) is 4.98 Å². The van der Waals surface area contributed by atoms with Gasteiger partial charge in [-0.2, -0.15) is 0 Å². The summed E-state index contributed by atoms with van der Waals surface area (Å²) in [6, 6.07) is 9.75. The van der Waals surface area contributed by atoms with E-state index in [1.807, 2.05) is 18.2 Å². The third-order valence-corrected chi connectivity index (χ3v) is 7.06. The molecule has 0 radical (unpaired) electrons. The minimum atomic E-state index is -0.463. The minimum Gasteiger partial charge on any atom is -0.487 e. The van der Waals surface area contributed by atoms with E-state index in [9.17, 15) is 9.18 Å². The topological polar surface area (TPSA) is 77.2 Å². The van der Waals surface area contributed by atoms with E-state index in [1.165, 1.54) is 31.4 Å². The predicted octanol–water partition coefficient (Wildman–Crippen LogP) is 4.13. The Morgan fingerprint density at radius 2 is 2.00 bits per heavy atom. The third-order valence-electron chi connectivity index (χ3n) is 7.06. The van der Waals surface area contributed by atoms with E-state index in [0.717, 1.165) is 24.1 Å². The molecule has 3 atom stereocenters. The molecular weight excluding hydrogens is 369 g/mol. The van der Waals surface area contributed by atoms with Crippen molar-refractivity contribution in [1.82, 2.24) is 10.3 Å². The van der Waals surface area contributed by atoms with Crippen LogP contribution in [0.15, 0.2) is 42.6 Å². The van der Waals surface area contributed by atoms with Gasteiger partial charge in [-0.15, -0.1) is 0 Å². The Bertz CT molecular complexity index is 920. The van der Waals surface area contributed by atoms with Crippen LogP contribution < -0.4 is 15.8 Å². The van der Waals surface area contributed by atoms with Gasteiger partial charge in [0.05, 0.1) is 11.2 Å².